The molecule has 1 fully saturated rings. The molecule has 1 aliphatic carbocycles. The van der Waals surface area contributed by atoms with Crippen molar-refractivity contribution < 1.29 is 13.3 Å². The normalized spacial score (nSPS) is 25.1. The number of likely N-dealkylation sites (tertiary alicyclic amines) is 1. The smallest absolute Gasteiger partial charge is 0.209 e. The van der Waals surface area contributed by atoms with Gasteiger partial charge >= 0.3 is 0 Å². The van der Waals surface area contributed by atoms with E-state index in [9.17, 15) is 8.42 Å². The molecule has 122 valence electrons. The Labute approximate surface area is 137 Å². The van der Waals surface area contributed by atoms with Gasteiger partial charge in [-0.3, -0.25) is 0 Å². The number of rotatable bonds is 3. The average molecular weight is 331 g/mol. The van der Waals surface area contributed by atoms with Crippen LogP contribution in [0.1, 0.15) is 42.5 Å². The van der Waals surface area contributed by atoms with E-state index < -0.39 is 10.0 Å². The number of quaternary nitrogens is 1. The fourth-order valence-corrected chi connectivity index (χ4v) is 5.14. The monoisotopic (exact) mass is 331 g/mol. The molecule has 0 amide bonds. The molecule has 23 heavy (non-hydrogen) atoms. The van der Waals surface area contributed by atoms with Gasteiger partial charge in [0.2, 0.25) is 10.0 Å². The van der Waals surface area contributed by atoms with Crippen LogP contribution in [0.3, 0.4) is 0 Å². The molecule has 0 radical (unpaired) electrons. The van der Waals surface area contributed by atoms with Crippen molar-refractivity contribution in [3.63, 3.8) is 0 Å². The van der Waals surface area contributed by atoms with Crippen molar-refractivity contribution in [2.75, 3.05) is 19.3 Å². The van der Waals surface area contributed by atoms with E-state index in [1.165, 1.54) is 46.8 Å². The number of hydrogen-bond acceptors (Lipinski definition) is 2. The van der Waals surface area contributed by atoms with Gasteiger partial charge in [0.15, 0.2) is 0 Å². The highest BCUT2D eigenvalue weighted by molar-refractivity contribution is 7.88. The van der Waals surface area contributed by atoms with Crippen molar-refractivity contribution in [2.45, 2.75) is 31.3 Å². The van der Waals surface area contributed by atoms with E-state index >= 15 is 0 Å². The number of piperidine rings is 1. The molecular formula is C18H23N2O2S+. The first kappa shape index (κ1) is 15.1. The van der Waals surface area contributed by atoms with Gasteiger partial charge in [-0.25, -0.2) is 13.1 Å². The summed E-state index contributed by atoms with van der Waals surface area (Å²) in [6.45, 7) is 2.24. The fraction of sp³-hybridized carbons (Fsp3) is 0.444. The fourth-order valence-electron chi connectivity index (χ4n) is 4.41. The predicted molar refractivity (Wildman–Crippen MR) is 92.0 cm³/mol. The van der Waals surface area contributed by atoms with Crippen molar-refractivity contribution in [3.8, 4) is 0 Å². The molecule has 2 aliphatic rings. The number of nitrogens with one attached hydrogen (secondary N) is 2. The molecule has 0 bridgehead atoms. The Balaban J connectivity index is 1.87. The highest BCUT2D eigenvalue weighted by Crippen LogP contribution is 2.42. The van der Waals surface area contributed by atoms with Gasteiger partial charge in [-0.15, -0.1) is 0 Å². The molecule has 4 rings (SSSR count). The Kier molecular flexibility index (Phi) is 3.67. The summed E-state index contributed by atoms with van der Waals surface area (Å²) in [6, 6.07) is 12.7. The van der Waals surface area contributed by atoms with Gasteiger partial charge in [-0.05, 0) is 35.6 Å². The largest absolute Gasteiger partial charge is 0.327 e. The van der Waals surface area contributed by atoms with Crippen molar-refractivity contribution in [1.82, 2.24) is 4.72 Å². The molecule has 2 aromatic carbocycles. The molecule has 2 atom stereocenters. The zero-order valence-electron chi connectivity index (χ0n) is 13.4. The second-order valence-corrected chi connectivity index (χ2v) is 8.64. The highest BCUT2D eigenvalue weighted by Gasteiger charge is 2.42. The summed E-state index contributed by atoms with van der Waals surface area (Å²) in [5.74, 6) is 0. The van der Waals surface area contributed by atoms with Crippen LogP contribution in [0.4, 0.5) is 0 Å². The van der Waals surface area contributed by atoms with Crippen LogP contribution < -0.4 is 9.62 Å². The minimum absolute atomic E-state index is 0.154. The van der Waals surface area contributed by atoms with E-state index in [0.29, 0.717) is 0 Å². The summed E-state index contributed by atoms with van der Waals surface area (Å²) < 4.78 is 26.9. The van der Waals surface area contributed by atoms with Crippen LogP contribution in [0.25, 0.3) is 10.8 Å². The minimum Gasteiger partial charge on any atom is -0.327 e. The summed E-state index contributed by atoms with van der Waals surface area (Å²) in [5.41, 5.74) is 2.43. The van der Waals surface area contributed by atoms with Crippen LogP contribution >= 0.6 is 0 Å². The van der Waals surface area contributed by atoms with E-state index in [2.05, 4.69) is 35.1 Å². The number of hydrogen-bond donors (Lipinski definition) is 2. The molecule has 2 N–H and O–H groups in total. The Bertz CT molecular complexity index is 836. The first-order valence-electron chi connectivity index (χ1n) is 8.38. The first-order chi connectivity index (χ1) is 11.0. The lowest BCUT2D eigenvalue weighted by atomic mass is 10.0. The Morgan fingerprint density at radius 3 is 2.30 bits per heavy atom. The lowest BCUT2D eigenvalue weighted by molar-refractivity contribution is -0.937. The first-order valence-corrected chi connectivity index (χ1v) is 10.3. The van der Waals surface area contributed by atoms with Gasteiger partial charge in [0, 0.05) is 5.56 Å². The van der Waals surface area contributed by atoms with Crippen LogP contribution in [0.15, 0.2) is 36.4 Å². The molecule has 1 saturated heterocycles. The third-order valence-corrected chi connectivity index (χ3v) is 5.93. The summed E-state index contributed by atoms with van der Waals surface area (Å²) >= 11 is 0. The molecule has 5 heteroatoms. The second kappa shape index (κ2) is 5.58. The minimum atomic E-state index is -3.26. The van der Waals surface area contributed by atoms with Crippen LogP contribution in [-0.4, -0.2) is 27.8 Å². The number of sulfonamides is 1. The molecule has 1 aliphatic heterocycles. The zero-order chi connectivity index (χ0) is 16.0. The SMILES string of the molecule is CS(=O)(=O)N[C@H]1c2cccc3cccc(c23)[C@@H]1[NH+]1CCCCC1. The van der Waals surface area contributed by atoms with Gasteiger partial charge in [0.05, 0.1) is 19.3 Å². The van der Waals surface area contributed by atoms with Crippen LogP contribution in [-0.2, 0) is 10.0 Å². The van der Waals surface area contributed by atoms with Crippen LogP contribution in [0.2, 0.25) is 0 Å². The predicted octanol–water partition coefficient (Wildman–Crippen LogP) is 1.55. The van der Waals surface area contributed by atoms with E-state index in [1.807, 2.05) is 6.07 Å². The molecule has 0 unspecified atom stereocenters. The lowest BCUT2D eigenvalue weighted by Gasteiger charge is -2.33. The maximum Gasteiger partial charge on any atom is 0.209 e. The summed E-state index contributed by atoms with van der Waals surface area (Å²) in [4.78, 5) is 1.51. The van der Waals surface area contributed by atoms with Crippen molar-refractivity contribution in [1.29, 1.82) is 0 Å². The van der Waals surface area contributed by atoms with Gasteiger partial charge in [-0.1, -0.05) is 36.4 Å². The van der Waals surface area contributed by atoms with Crippen molar-refractivity contribution in [2.24, 2.45) is 0 Å². The topological polar surface area (TPSA) is 50.6 Å². The highest BCUT2D eigenvalue weighted by atomic mass is 32.2. The Morgan fingerprint density at radius 2 is 1.65 bits per heavy atom. The van der Waals surface area contributed by atoms with E-state index in [-0.39, 0.29) is 12.1 Å². The Morgan fingerprint density at radius 1 is 1.00 bits per heavy atom. The van der Waals surface area contributed by atoms with Crippen LogP contribution in [0.5, 0.6) is 0 Å². The molecule has 4 nitrogen and oxygen atoms in total. The van der Waals surface area contributed by atoms with Gasteiger partial charge in [0.25, 0.3) is 0 Å². The van der Waals surface area contributed by atoms with Gasteiger partial charge < -0.3 is 4.90 Å². The molecular weight excluding hydrogens is 308 g/mol. The average Bonchev–Trinajstić information content (AvgIpc) is 2.83. The summed E-state index contributed by atoms with van der Waals surface area (Å²) in [6.07, 6.45) is 5.00. The Hall–Kier alpha value is -1.43. The zero-order valence-corrected chi connectivity index (χ0v) is 14.2. The van der Waals surface area contributed by atoms with E-state index in [4.69, 9.17) is 0 Å². The summed E-state index contributed by atoms with van der Waals surface area (Å²) in [7, 11) is -3.26. The van der Waals surface area contributed by atoms with Gasteiger partial charge in [-0.2, -0.15) is 0 Å². The third kappa shape index (κ3) is 2.67. The van der Waals surface area contributed by atoms with Crippen LogP contribution in [0, 0.1) is 0 Å². The molecule has 2 aromatic rings. The lowest BCUT2D eigenvalue weighted by Crippen LogP contribution is -3.13. The standard InChI is InChI=1S/C18H22N2O2S/c1-23(21,22)19-17-14-9-5-7-13-8-6-10-15(16(13)14)18(17)20-11-3-2-4-12-20/h5-10,17-19H,2-4,11-12H2,1H3/p+1/t17-,18-/m0/s1. The maximum atomic E-state index is 12.0. The molecule has 0 aromatic heterocycles. The van der Waals surface area contributed by atoms with E-state index in [0.717, 1.165) is 18.7 Å². The summed E-state index contributed by atoms with van der Waals surface area (Å²) in [5, 5.41) is 2.46. The second-order valence-electron chi connectivity index (χ2n) is 6.86. The number of benzene rings is 2. The molecule has 1 heterocycles. The molecule has 0 spiro atoms. The maximum absolute atomic E-state index is 12.0. The quantitative estimate of drug-likeness (QED) is 0.897. The molecule has 0 saturated carbocycles. The van der Waals surface area contributed by atoms with Gasteiger partial charge in [0.1, 0.15) is 12.1 Å². The van der Waals surface area contributed by atoms with Crippen molar-refractivity contribution in [3.05, 3.63) is 47.5 Å². The van der Waals surface area contributed by atoms with E-state index in [1.54, 1.807) is 0 Å². The van der Waals surface area contributed by atoms with Crippen molar-refractivity contribution >= 4 is 20.8 Å². The third-order valence-electron chi connectivity index (χ3n) is 5.25.